The van der Waals surface area contributed by atoms with E-state index in [1.54, 1.807) is 18.3 Å². The van der Waals surface area contributed by atoms with Crippen molar-refractivity contribution in [3.05, 3.63) is 64.8 Å². The van der Waals surface area contributed by atoms with Crippen LogP contribution in [-0.2, 0) is 6.42 Å². The summed E-state index contributed by atoms with van der Waals surface area (Å²) in [5, 5.41) is 3.31. The molecule has 0 heterocycles. The topological polar surface area (TPSA) is 50.4 Å². The van der Waals surface area contributed by atoms with Crippen LogP contribution in [0.4, 0.5) is 4.39 Å². The van der Waals surface area contributed by atoms with Crippen molar-refractivity contribution in [1.82, 2.24) is 5.32 Å². The summed E-state index contributed by atoms with van der Waals surface area (Å²) in [4.78, 5) is 4.57. The van der Waals surface area contributed by atoms with Crippen LogP contribution in [-0.4, -0.2) is 12.3 Å². The fourth-order valence-corrected chi connectivity index (χ4v) is 2.17. The molecule has 0 radical (unpaired) electrons. The zero-order valence-electron chi connectivity index (χ0n) is 15.3. The van der Waals surface area contributed by atoms with E-state index < -0.39 is 0 Å². The summed E-state index contributed by atoms with van der Waals surface area (Å²) in [5.74, 6) is -0.219. The molecule has 3 nitrogen and oxygen atoms in total. The molecule has 0 amide bonds. The number of aryl methyl sites for hydroxylation is 1. The molecule has 1 aromatic carbocycles. The first-order valence-electron chi connectivity index (χ1n) is 8.12. The predicted molar refractivity (Wildman–Crippen MR) is 102 cm³/mol. The van der Waals surface area contributed by atoms with Gasteiger partial charge >= 0.3 is 0 Å². The Morgan fingerprint density at radius 3 is 2.54 bits per heavy atom. The summed E-state index contributed by atoms with van der Waals surface area (Å²) < 4.78 is 13.3. The van der Waals surface area contributed by atoms with E-state index in [1.807, 2.05) is 34.6 Å². The fourth-order valence-electron chi connectivity index (χ4n) is 2.17. The van der Waals surface area contributed by atoms with Crippen LogP contribution in [0.3, 0.4) is 0 Å². The van der Waals surface area contributed by atoms with Crippen LogP contribution >= 0.6 is 0 Å². The molecule has 130 valence electrons. The van der Waals surface area contributed by atoms with Crippen molar-refractivity contribution in [1.29, 1.82) is 0 Å². The van der Waals surface area contributed by atoms with Gasteiger partial charge in [-0.2, -0.15) is 0 Å². The van der Waals surface area contributed by atoms with Crippen molar-refractivity contribution in [3.8, 4) is 0 Å². The lowest BCUT2D eigenvalue weighted by atomic mass is 10.0. The molecule has 0 aliphatic rings. The number of hydrogen-bond donors (Lipinski definition) is 2. The van der Waals surface area contributed by atoms with E-state index in [2.05, 4.69) is 16.9 Å². The van der Waals surface area contributed by atoms with Crippen LogP contribution in [0.2, 0.25) is 0 Å². The predicted octanol–water partition coefficient (Wildman–Crippen LogP) is 4.57. The number of allylic oxidation sites excluding steroid dienone is 2. The average molecular weight is 329 g/mol. The van der Waals surface area contributed by atoms with Gasteiger partial charge in [0.1, 0.15) is 5.82 Å². The number of aliphatic imine (C=N–C) groups is 1. The summed E-state index contributed by atoms with van der Waals surface area (Å²) in [6.07, 6.45) is 2.32. The largest absolute Gasteiger partial charge is 0.404 e. The van der Waals surface area contributed by atoms with E-state index in [0.717, 1.165) is 45.8 Å². The van der Waals surface area contributed by atoms with Gasteiger partial charge in [0.15, 0.2) is 0 Å². The molecule has 1 aromatic rings. The average Bonchev–Trinajstić information content (AvgIpc) is 2.57. The number of nitrogens with zero attached hydrogens (tertiary/aromatic N) is 1. The molecule has 0 saturated heterocycles. The van der Waals surface area contributed by atoms with Gasteiger partial charge in [0.05, 0.1) is 0 Å². The van der Waals surface area contributed by atoms with Crippen molar-refractivity contribution >= 4 is 11.4 Å². The van der Waals surface area contributed by atoms with Gasteiger partial charge < -0.3 is 11.1 Å². The lowest BCUT2D eigenvalue weighted by Gasteiger charge is -2.14. The number of benzene rings is 1. The van der Waals surface area contributed by atoms with Crippen LogP contribution in [0.15, 0.2) is 52.8 Å². The first-order valence-corrected chi connectivity index (χ1v) is 8.12. The molecule has 0 fully saturated rings. The zero-order chi connectivity index (χ0) is 18.3. The molecule has 24 heavy (non-hydrogen) atoms. The number of hydrogen-bond acceptors (Lipinski definition) is 3. The maximum atomic E-state index is 13.3. The molecule has 0 bridgehead atoms. The Labute approximate surface area is 144 Å². The van der Waals surface area contributed by atoms with Crippen molar-refractivity contribution in [2.24, 2.45) is 10.7 Å². The van der Waals surface area contributed by atoms with E-state index in [1.165, 1.54) is 6.07 Å². The third-order valence-corrected chi connectivity index (χ3v) is 4.11. The molecule has 0 saturated carbocycles. The molecule has 0 aliphatic heterocycles. The maximum absolute atomic E-state index is 13.3. The zero-order valence-corrected chi connectivity index (χ0v) is 15.3. The molecule has 0 aliphatic carbocycles. The Balaban J connectivity index is 2.85. The van der Waals surface area contributed by atoms with Gasteiger partial charge in [-0.3, -0.25) is 4.99 Å². The monoisotopic (exact) mass is 329 g/mol. The van der Waals surface area contributed by atoms with E-state index in [-0.39, 0.29) is 5.82 Å². The van der Waals surface area contributed by atoms with Gasteiger partial charge in [0.2, 0.25) is 0 Å². The smallest absolute Gasteiger partial charge is 0.123 e. The van der Waals surface area contributed by atoms with Gasteiger partial charge in [-0.15, -0.1) is 0 Å². The molecule has 4 heteroatoms. The van der Waals surface area contributed by atoms with Crippen LogP contribution in [0, 0.1) is 5.82 Å². The minimum Gasteiger partial charge on any atom is -0.404 e. The fraction of sp³-hybridized carbons (Fsp3) is 0.350. The highest BCUT2D eigenvalue weighted by atomic mass is 19.1. The minimum absolute atomic E-state index is 0.219. The summed E-state index contributed by atoms with van der Waals surface area (Å²) in [6, 6.07) is 4.80. The van der Waals surface area contributed by atoms with Crippen molar-refractivity contribution < 1.29 is 4.39 Å². The molecule has 0 spiro atoms. The van der Waals surface area contributed by atoms with Crippen LogP contribution in [0.5, 0.6) is 0 Å². The first-order chi connectivity index (χ1) is 11.3. The van der Waals surface area contributed by atoms with Crippen LogP contribution in [0.1, 0.15) is 45.7 Å². The highest BCUT2D eigenvalue weighted by Gasteiger charge is 2.07. The Bertz CT molecular complexity index is 697. The van der Waals surface area contributed by atoms with Gasteiger partial charge in [-0.1, -0.05) is 13.5 Å². The van der Waals surface area contributed by atoms with Gasteiger partial charge in [0, 0.05) is 29.2 Å². The van der Waals surface area contributed by atoms with Crippen LogP contribution in [0.25, 0.3) is 5.70 Å². The molecular weight excluding hydrogens is 301 g/mol. The summed E-state index contributed by atoms with van der Waals surface area (Å²) in [7, 11) is 0. The Morgan fingerprint density at radius 2 is 1.96 bits per heavy atom. The van der Waals surface area contributed by atoms with E-state index in [4.69, 9.17) is 5.73 Å². The third-order valence-electron chi connectivity index (χ3n) is 4.11. The number of halogens is 1. The highest BCUT2D eigenvalue weighted by Crippen LogP contribution is 2.18. The van der Waals surface area contributed by atoms with Gasteiger partial charge in [-0.05, 0) is 75.2 Å². The van der Waals surface area contributed by atoms with Crippen LogP contribution < -0.4 is 11.1 Å². The van der Waals surface area contributed by atoms with E-state index in [0.29, 0.717) is 6.54 Å². The SMILES string of the molecule is C=C(NC\C(C)=C(C)/N=C(C)\C(C)=C/N)c1ccc(F)cc1CC. The molecule has 0 aromatic heterocycles. The third kappa shape index (κ3) is 5.37. The second-order valence-corrected chi connectivity index (χ2v) is 5.90. The summed E-state index contributed by atoms with van der Waals surface area (Å²) >= 11 is 0. The molecule has 0 unspecified atom stereocenters. The lowest BCUT2D eigenvalue weighted by molar-refractivity contribution is 0.625. The standard InChI is InChI=1S/C20H28FN3/c1-7-18-10-19(21)8-9-20(18)17(6)23-12-14(3)16(5)24-15(4)13(2)11-22/h8-11,23H,6-7,12,22H2,1-5H3/b13-11-,16-14-,24-15-. The second-order valence-electron chi connectivity index (χ2n) is 5.90. The number of nitrogens with one attached hydrogen (secondary N) is 1. The van der Waals surface area contributed by atoms with Gasteiger partial charge in [-0.25, -0.2) is 4.39 Å². The Morgan fingerprint density at radius 1 is 1.29 bits per heavy atom. The van der Waals surface area contributed by atoms with Gasteiger partial charge in [0.25, 0.3) is 0 Å². The van der Waals surface area contributed by atoms with Crippen molar-refractivity contribution in [3.63, 3.8) is 0 Å². The number of rotatable bonds is 7. The first kappa shape index (κ1) is 19.7. The van der Waals surface area contributed by atoms with Crippen molar-refractivity contribution in [2.75, 3.05) is 6.54 Å². The number of nitrogens with two attached hydrogens (primary N) is 1. The van der Waals surface area contributed by atoms with E-state index >= 15 is 0 Å². The molecule has 3 N–H and O–H groups in total. The maximum Gasteiger partial charge on any atom is 0.123 e. The quantitative estimate of drug-likeness (QED) is 0.720. The highest BCUT2D eigenvalue weighted by molar-refractivity contribution is 5.98. The molecular formula is C20H28FN3. The molecule has 0 atom stereocenters. The Kier molecular flexibility index (Phi) is 7.43. The van der Waals surface area contributed by atoms with Crippen molar-refractivity contribution in [2.45, 2.75) is 41.0 Å². The summed E-state index contributed by atoms with van der Waals surface area (Å²) in [5.41, 5.74) is 12.1. The summed E-state index contributed by atoms with van der Waals surface area (Å²) in [6.45, 7) is 14.6. The molecule has 1 rings (SSSR count). The Hall–Kier alpha value is -2.36. The lowest BCUT2D eigenvalue weighted by Crippen LogP contribution is -2.16. The second kappa shape index (κ2) is 9.06. The van der Waals surface area contributed by atoms with E-state index in [9.17, 15) is 4.39 Å². The minimum atomic E-state index is -0.219. The normalized spacial score (nSPS) is 13.6.